The minimum atomic E-state index is -0.435. The Morgan fingerprint density at radius 2 is 1.83 bits per heavy atom. The van der Waals surface area contributed by atoms with Gasteiger partial charge in [-0.25, -0.2) is 9.78 Å². The van der Waals surface area contributed by atoms with Gasteiger partial charge in [0, 0.05) is 11.1 Å². The number of hydrogen-bond donors (Lipinski definition) is 1. The maximum absolute atomic E-state index is 12.3. The molecule has 1 heterocycles. The van der Waals surface area contributed by atoms with Crippen LogP contribution in [0.1, 0.15) is 27.0 Å². The maximum atomic E-state index is 12.3. The lowest BCUT2D eigenvalue weighted by molar-refractivity contribution is -0.113. The van der Waals surface area contributed by atoms with Gasteiger partial charge in [-0.15, -0.1) is 0 Å². The molecule has 0 bridgehead atoms. The molecule has 2 aromatic carbocycles. The number of pyridine rings is 1. The van der Waals surface area contributed by atoms with Crippen LogP contribution in [0.25, 0.3) is 10.9 Å². The number of ether oxygens (including phenoxy) is 1. The fraction of sp³-hybridized carbons (Fsp3) is 0.182. The number of rotatable bonds is 5. The van der Waals surface area contributed by atoms with Crippen LogP contribution in [0, 0.1) is 25.2 Å². The monoisotopic (exact) mass is 405 g/mol. The molecule has 3 rings (SSSR count). The molecule has 29 heavy (non-hydrogen) atoms. The van der Waals surface area contributed by atoms with Crippen LogP contribution in [0.15, 0.2) is 47.5 Å². The van der Waals surface area contributed by atoms with Gasteiger partial charge in [-0.3, -0.25) is 4.79 Å². The third-order valence-electron chi connectivity index (χ3n) is 4.45. The van der Waals surface area contributed by atoms with Gasteiger partial charge >= 0.3 is 5.97 Å². The zero-order valence-electron chi connectivity index (χ0n) is 16.3. The molecular formula is C22H19N3O3S. The van der Waals surface area contributed by atoms with Gasteiger partial charge in [0.15, 0.2) is 0 Å². The van der Waals surface area contributed by atoms with E-state index in [4.69, 9.17) is 0 Å². The van der Waals surface area contributed by atoms with Crippen LogP contribution in [0.4, 0.5) is 5.69 Å². The fourth-order valence-electron chi connectivity index (χ4n) is 2.75. The van der Waals surface area contributed by atoms with E-state index in [1.54, 1.807) is 30.3 Å². The summed E-state index contributed by atoms with van der Waals surface area (Å²) in [6.45, 7) is 4.03. The highest BCUT2D eigenvalue weighted by molar-refractivity contribution is 8.00. The number of carbonyl (C=O) groups is 2. The summed E-state index contributed by atoms with van der Waals surface area (Å²) in [5.74, 6) is -0.557. The topological polar surface area (TPSA) is 92.1 Å². The largest absolute Gasteiger partial charge is 0.465 e. The average molecular weight is 405 g/mol. The molecule has 0 saturated heterocycles. The van der Waals surface area contributed by atoms with Gasteiger partial charge in [0.2, 0.25) is 5.91 Å². The van der Waals surface area contributed by atoms with E-state index >= 15 is 0 Å². The van der Waals surface area contributed by atoms with Crippen molar-refractivity contribution in [3.8, 4) is 6.07 Å². The summed E-state index contributed by atoms with van der Waals surface area (Å²) in [5, 5.41) is 13.7. The number of benzene rings is 2. The molecule has 1 aromatic heterocycles. The Morgan fingerprint density at radius 3 is 2.48 bits per heavy atom. The molecule has 1 amide bonds. The smallest absolute Gasteiger partial charge is 0.337 e. The predicted octanol–water partition coefficient (Wildman–Crippen LogP) is 4.24. The lowest BCUT2D eigenvalue weighted by atomic mass is 10.1. The number of aryl methyl sites for hydroxylation is 2. The van der Waals surface area contributed by atoms with Crippen LogP contribution < -0.4 is 5.32 Å². The molecule has 3 aromatic rings. The van der Waals surface area contributed by atoms with Gasteiger partial charge in [0.1, 0.15) is 11.1 Å². The van der Waals surface area contributed by atoms with Crippen LogP contribution in [0.2, 0.25) is 0 Å². The summed E-state index contributed by atoms with van der Waals surface area (Å²) in [7, 11) is 1.31. The van der Waals surface area contributed by atoms with Gasteiger partial charge in [0.25, 0.3) is 0 Å². The quantitative estimate of drug-likeness (QED) is 0.504. The number of hydrogen-bond acceptors (Lipinski definition) is 6. The molecule has 0 unspecified atom stereocenters. The standard InChI is InChI=1S/C22H19N3O3S/c1-13-8-16-10-17(11-23)21(25-19(16)9-14(13)2)29-12-20(26)24-18-6-4-15(5-7-18)22(27)28-3/h4-10H,12H2,1-3H3,(H,24,26). The number of fused-ring (bicyclic) bond motifs is 1. The van der Waals surface area contributed by atoms with Crippen molar-refractivity contribution in [2.45, 2.75) is 18.9 Å². The van der Waals surface area contributed by atoms with Crippen molar-refractivity contribution in [3.05, 3.63) is 64.7 Å². The van der Waals surface area contributed by atoms with Crippen molar-refractivity contribution < 1.29 is 14.3 Å². The summed E-state index contributed by atoms with van der Waals surface area (Å²) >= 11 is 1.22. The molecule has 0 atom stereocenters. The number of nitriles is 1. The van der Waals surface area contributed by atoms with Crippen LogP contribution in [-0.4, -0.2) is 29.7 Å². The number of amides is 1. The number of anilines is 1. The first-order valence-corrected chi connectivity index (χ1v) is 9.83. The van der Waals surface area contributed by atoms with Crippen molar-refractivity contribution in [1.29, 1.82) is 5.26 Å². The highest BCUT2D eigenvalue weighted by Crippen LogP contribution is 2.26. The second-order valence-corrected chi connectivity index (χ2v) is 7.45. The number of nitrogens with one attached hydrogen (secondary N) is 1. The molecule has 7 heteroatoms. The Labute approximate surface area is 172 Å². The molecule has 6 nitrogen and oxygen atoms in total. The molecule has 0 aliphatic heterocycles. The van der Waals surface area contributed by atoms with Crippen LogP contribution in [-0.2, 0) is 9.53 Å². The van der Waals surface area contributed by atoms with E-state index in [-0.39, 0.29) is 11.7 Å². The number of thioether (sulfide) groups is 1. The summed E-state index contributed by atoms with van der Waals surface area (Å²) < 4.78 is 4.65. The van der Waals surface area contributed by atoms with Crippen LogP contribution in [0.5, 0.6) is 0 Å². The van der Waals surface area contributed by atoms with Gasteiger partial charge < -0.3 is 10.1 Å². The normalized spacial score (nSPS) is 10.4. The molecular weight excluding hydrogens is 386 g/mol. The first kappa shape index (κ1) is 20.4. The first-order chi connectivity index (χ1) is 13.9. The van der Waals surface area contributed by atoms with E-state index in [9.17, 15) is 14.9 Å². The fourth-order valence-corrected chi connectivity index (χ4v) is 3.51. The van der Waals surface area contributed by atoms with E-state index in [0.717, 1.165) is 22.0 Å². The van der Waals surface area contributed by atoms with E-state index in [1.807, 2.05) is 26.0 Å². The molecule has 146 valence electrons. The average Bonchev–Trinajstić information content (AvgIpc) is 2.72. The number of carbonyl (C=O) groups excluding carboxylic acids is 2. The van der Waals surface area contributed by atoms with Gasteiger partial charge in [-0.05, 0) is 67.4 Å². The summed E-state index contributed by atoms with van der Waals surface area (Å²) in [6, 6.07) is 14.4. The molecule has 1 N–H and O–H groups in total. The van der Waals surface area contributed by atoms with Crippen molar-refractivity contribution in [2.24, 2.45) is 0 Å². The summed E-state index contributed by atoms with van der Waals surface area (Å²) in [5.41, 5.74) is 4.49. The zero-order chi connectivity index (χ0) is 21.0. The van der Waals surface area contributed by atoms with Gasteiger partial charge in [0.05, 0.1) is 29.5 Å². The summed E-state index contributed by atoms with van der Waals surface area (Å²) in [4.78, 5) is 28.3. The highest BCUT2D eigenvalue weighted by Gasteiger charge is 2.12. The number of nitrogens with zero attached hydrogens (tertiary/aromatic N) is 2. The molecule has 0 aliphatic rings. The lowest BCUT2D eigenvalue weighted by Gasteiger charge is -2.09. The van der Waals surface area contributed by atoms with Crippen molar-refractivity contribution >= 4 is 40.2 Å². The third-order valence-corrected chi connectivity index (χ3v) is 5.44. The maximum Gasteiger partial charge on any atom is 0.337 e. The second-order valence-electron chi connectivity index (χ2n) is 6.49. The van der Waals surface area contributed by atoms with Crippen molar-refractivity contribution in [2.75, 3.05) is 18.2 Å². The van der Waals surface area contributed by atoms with Gasteiger partial charge in [-0.1, -0.05) is 11.8 Å². The highest BCUT2D eigenvalue weighted by atomic mass is 32.2. The third kappa shape index (κ3) is 4.73. The van der Waals surface area contributed by atoms with E-state index in [2.05, 4.69) is 21.1 Å². The van der Waals surface area contributed by atoms with Crippen molar-refractivity contribution in [3.63, 3.8) is 0 Å². The van der Waals surface area contributed by atoms with Crippen molar-refractivity contribution in [1.82, 2.24) is 4.98 Å². The Morgan fingerprint density at radius 1 is 1.14 bits per heavy atom. The Kier molecular flexibility index (Phi) is 6.15. The van der Waals surface area contributed by atoms with Gasteiger partial charge in [-0.2, -0.15) is 5.26 Å². The molecule has 0 aliphatic carbocycles. The molecule has 0 spiro atoms. The van der Waals surface area contributed by atoms with E-state index in [0.29, 0.717) is 21.8 Å². The van der Waals surface area contributed by atoms with E-state index in [1.165, 1.54) is 18.9 Å². The van der Waals surface area contributed by atoms with Crippen LogP contribution in [0.3, 0.4) is 0 Å². The number of esters is 1. The predicted molar refractivity (Wildman–Crippen MR) is 113 cm³/mol. The Bertz CT molecular complexity index is 1130. The summed E-state index contributed by atoms with van der Waals surface area (Å²) in [6.07, 6.45) is 0. The zero-order valence-corrected chi connectivity index (χ0v) is 17.1. The minimum Gasteiger partial charge on any atom is -0.465 e. The molecule has 0 saturated carbocycles. The minimum absolute atomic E-state index is 0.108. The SMILES string of the molecule is COC(=O)c1ccc(NC(=O)CSc2nc3cc(C)c(C)cc3cc2C#N)cc1. The Hall–Kier alpha value is -3.37. The van der Waals surface area contributed by atoms with Crippen LogP contribution >= 0.6 is 11.8 Å². The first-order valence-electron chi connectivity index (χ1n) is 8.84. The lowest BCUT2D eigenvalue weighted by Crippen LogP contribution is -2.14. The molecule has 0 fully saturated rings. The number of aromatic nitrogens is 1. The van der Waals surface area contributed by atoms with E-state index < -0.39 is 5.97 Å². The number of methoxy groups -OCH3 is 1. The second kappa shape index (κ2) is 8.76. The Balaban J connectivity index is 1.71. The molecule has 0 radical (unpaired) electrons.